The van der Waals surface area contributed by atoms with Crippen LogP contribution in [-0.2, 0) is 9.53 Å². The van der Waals surface area contributed by atoms with Crippen LogP contribution in [-0.4, -0.2) is 24.8 Å². The second-order valence-corrected chi connectivity index (χ2v) is 3.69. The van der Waals surface area contributed by atoms with Crippen LogP contribution in [0.3, 0.4) is 0 Å². The number of methoxy groups -OCH3 is 1. The maximum Gasteiger partial charge on any atom is 0.203 e. The Morgan fingerprint density at radius 1 is 1.47 bits per heavy atom. The lowest BCUT2D eigenvalue weighted by atomic mass is 10.0. The van der Waals surface area contributed by atoms with Crippen molar-refractivity contribution in [1.82, 2.24) is 0 Å². The minimum Gasteiger partial charge on any atom is -0.497 e. The zero-order valence-electron chi connectivity index (χ0n) is 9.38. The number of ketones is 2. The van der Waals surface area contributed by atoms with E-state index in [1.54, 1.807) is 24.3 Å². The molecule has 2 rings (SSSR count). The Labute approximate surface area is 98.8 Å². The third kappa shape index (κ3) is 2.53. The van der Waals surface area contributed by atoms with Crippen molar-refractivity contribution in [2.75, 3.05) is 7.11 Å². The van der Waals surface area contributed by atoms with Crippen LogP contribution in [0.1, 0.15) is 16.8 Å². The van der Waals surface area contributed by atoms with Crippen molar-refractivity contribution >= 4 is 11.6 Å². The first kappa shape index (κ1) is 11.4. The molecule has 0 bridgehead atoms. The number of carbonyl (C=O) groups excluding carboxylic acids is 2. The monoisotopic (exact) mass is 232 g/mol. The fourth-order valence-corrected chi connectivity index (χ4v) is 1.63. The standard InChI is InChI=1S/C13H12O4/c1-16-11-4-2-3-9(7-11)13(15)12-8-10(14)5-6-17-12/h2-7,12H,8H2,1H3/t12-/m1/s1. The van der Waals surface area contributed by atoms with E-state index in [1.165, 1.54) is 19.4 Å². The van der Waals surface area contributed by atoms with Crippen molar-refractivity contribution in [3.8, 4) is 5.75 Å². The van der Waals surface area contributed by atoms with E-state index in [4.69, 9.17) is 9.47 Å². The predicted molar refractivity (Wildman–Crippen MR) is 61.0 cm³/mol. The molecule has 0 N–H and O–H groups in total. The molecule has 0 saturated heterocycles. The zero-order valence-corrected chi connectivity index (χ0v) is 9.38. The molecule has 1 aromatic rings. The van der Waals surface area contributed by atoms with Gasteiger partial charge in [0.2, 0.25) is 5.78 Å². The molecule has 0 fully saturated rings. The van der Waals surface area contributed by atoms with Gasteiger partial charge in [-0.3, -0.25) is 9.59 Å². The van der Waals surface area contributed by atoms with E-state index >= 15 is 0 Å². The molecule has 4 nitrogen and oxygen atoms in total. The molecule has 0 spiro atoms. The largest absolute Gasteiger partial charge is 0.497 e. The fourth-order valence-electron chi connectivity index (χ4n) is 1.63. The van der Waals surface area contributed by atoms with E-state index in [0.717, 1.165) is 0 Å². The van der Waals surface area contributed by atoms with Gasteiger partial charge in [-0.05, 0) is 12.1 Å². The molecule has 1 aromatic carbocycles. The third-order valence-corrected chi connectivity index (χ3v) is 2.53. The molecular weight excluding hydrogens is 220 g/mol. The normalized spacial score (nSPS) is 18.6. The van der Waals surface area contributed by atoms with Crippen LogP contribution < -0.4 is 4.74 Å². The summed E-state index contributed by atoms with van der Waals surface area (Å²) < 4.78 is 10.2. The van der Waals surface area contributed by atoms with Crippen molar-refractivity contribution in [2.24, 2.45) is 0 Å². The molecule has 88 valence electrons. The molecule has 0 radical (unpaired) electrons. The van der Waals surface area contributed by atoms with E-state index in [9.17, 15) is 9.59 Å². The first-order valence-corrected chi connectivity index (χ1v) is 5.24. The van der Waals surface area contributed by atoms with Gasteiger partial charge >= 0.3 is 0 Å². The topological polar surface area (TPSA) is 52.6 Å². The molecular formula is C13H12O4. The van der Waals surface area contributed by atoms with Gasteiger partial charge in [0, 0.05) is 11.6 Å². The molecule has 1 aliphatic heterocycles. The van der Waals surface area contributed by atoms with E-state index in [-0.39, 0.29) is 18.0 Å². The Balaban J connectivity index is 2.19. The Hall–Kier alpha value is -2.10. The van der Waals surface area contributed by atoms with Gasteiger partial charge in [0.25, 0.3) is 0 Å². The molecule has 17 heavy (non-hydrogen) atoms. The van der Waals surface area contributed by atoms with Crippen LogP contribution in [0.4, 0.5) is 0 Å². The average molecular weight is 232 g/mol. The Morgan fingerprint density at radius 2 is 2.29 bits per heavy atom. The highest BCUT2D eigenvalue weighted by atomic mass is 16.5. The fraction of sp³-hybridized carbons (Fsp3) is 0.231. The Kier molecular flexibility index (Phi) is 3.23. The summed E-state index contributed by atoms with van der Waals surface area (Å²) in [5.74, 6) is 0.299. The smallest absolute Gasteiger partial charge is 0.203 e. The summed E-state index contributed by atoms with van der Waals surface area (Å²) in [6, 6.07) is 6.79. The summed E-state index contributed by atoms with van der Waals surface area (Å²) in [6.07, 6.45) is 1.97. The number of carbonyl (C=O) groups is 2. The third-order valence-electron chi connectivity index (χ3n) is 2.53. The number of rotatable bonds is 3. The highest BCUT2D eigenvalue weighted by Gasteiger charge is 2.25. The van der Waals surface area contributed by atoms with Crippen LogP contribution in [0.2, 0.25) is 0 Å². The van der Waals surface area contributed by atoms with Gasteiger partial charge in [-0.25, -0.2) is 0 Å². The highest BCUT2D eigenvalue weighted by molar-refractivity contribution is 6.04. The lowest BCUT2D eigenvalue weighted by Gasteiger charge is -2.17. The van der Waals surface area contributed by atoms with Gasteiger partial charge in [-0.15, -0.1) is 0 Å². The summed E-state index contributed by atoms with van der Waals surface area (Å²) in [7, 11) is 1.53. The first-order valence-electron chi connectivity index (χ1n) is 5.24. The summed E-state index contributed by atoms with van der Waals surface area (Å²) in [4.78, 5) is 23.2. The lowest BCUT2D eigenvalue weighted by Crippen LogP contribution is -2.27. The van der Waals surface area contributed by atoms with Gasteiger partial charge in [-0.2, -0.15) is 0 Å². The number of benzene rings is 1. The summed E-state index contributed by atoms with van der Waals surface area (Å²) in [5.41, 5.74) is 0.484. The highest BCUT2D eigenvalue weighted by Crippen LogP contribution is 2.18. The van der Waals surface area contributed by atoms with E-state index in [1.807, 2.05) is 0 Å². The molecule has 1 aliphatic rings. The van der Waals surface area contributed by atoms with Gasteiger partial charge in [0.15, 0.2) is 11.9 Å². The number of hydrogen-bond acceptors (Lipinski definition) is 4. The Bertz CT molecular complexity index is 476. The van der Waals surface area contributed by atoms with Crippen LogP contribution in [0.5, 0.6) is 5.75 Å². The summed E-state index contributed by atoms with van der Waals surface area (Å²) in [6.45, 7) is 0. The molecule has 1 atom stereocenters. The first-order chi connectivity index (χ1) is 8.20. The molecule has 0 saturated carbocycles. The van der Waals surface area contributed by atoms with Crippen molar-refractivity contribution in [3.05, 3.63) is 42.2 Å². The van der Waals surface area contributed by atoms with Crippen molar-refractivity contribution in [3.63, 3.8) is 0 Å². The van der Waals surface area contributed by atoms with Gasteiger partial charge in [0.1, 0.15) is 5.75 Å². The lowest BCUT2D eigenvalue weighted by molar-refractivity contribution is -0.117. The van der Waals surface area contributed by atoms with E-state index < -0.39 is 6.10 Å². The molecule has 0 unspecified atom stereocenters. The van der Waals surface area contributed by atoms with Crippen molar-refractivity contribution in [2.45, 2.75) is 12.5 Å². The maximum absolute atomic E-state index is 12.0. The quantitative estimate of drug-likeness (QED) is 0.745. The predicted octanol–water partition coefficient (Wildman–Crippen LogP) is 1.75. The van der Waals surface area contributed by atoms with Crippen LogP contribution in [0.25, 0.3) is 0 Å². The maximum atomic E-state index is 12.0. The average Bonchev–Trinajstić information content (AvgIpc) is 2.38. The van der Waals surface area contributed by atoms with Crippen LogP contribution in [0, 0.1) is 0 Å². The van der Waals surface area contributed by atoms with Crippen molar-refractivity contribution in [1.29, 1.82) is 0 Å². The van der Waals surface area contributed by atoms with E-state index in [2.05, 4.69) is 0 Å². The number of hydrogen-bond donors (Lipinski definition) is 0. The minimum atomic E-state index is -0.723. The SMILES string of the molecule is COc1cccc(C(=O)[C@H]2CC(=O)C=CO2)c1. The van der Waals surface area contributed by atoms with Crippen LogP contribution in [0.15, 0.2) is 36.6 Å². The molecule has 4 heteroatoms. The number of allylic oxidation sites excluding steroid dienone is 1. The van der Waals surface area contributed by atoms with Gasteiger partial charge < -0.3 is 9.47 Å². The van der Waals surface area contributed by atoms with Gasteiger partial charge in [-0.1, -0.05) is 12.1 Å². The number of ether oxygens (including phenoxy) is 2. The summed E-state index contributed by atoms with van der Waals surface area (Å²) >= 11 is 0. The van der Waals surface area contributed by atoms with Gasteiger partial charge in [0.05, 0.1) is 19.8 Å². The minimum absolute atomic E-state index is 0.0898. The molecule has 0 aromatic heterocycles. The second-order valence-electron chi connectivity index (χ2n) is 3.69. The van der Waals surface area contributed by atoms with Crippen molar-refractivity contribution < 1.29 is 19.1 Å². The molecule has 0 aliphatic carbocycles. The molecule has 1 heterocycles. The molecule has 0 amide bonds. The Morgan fingerprint density at radius 3 is 3.00 bits per heavy atom. The van der Waals surface area contributed by atoms with Crippen LogP contribution >= 0.6 is 0 Å². The summed E-state index contributed by atoms with van der Waals surface area (Å²) in [5, 5.41) is 0. The van der Waals surface area contributed by atoms with E-state index in [0.29, 0.717) is 11.3 Å². The number of Topliss-reactive ketones (excluding diaryl/α,β-unsaturated/α-hetero) is 1. The second kappa shape index (κ2) is 4.82. The zero-order chi connectivity index (χ0) is 12.3.